The molecule has 0 aliphatic rings. The molecule has 1 aromatic heterocycles. The number of hydrogen-bond donors (Lipinski definition) is 1. The summed E-state index contributed by atoms with van der Waals surface area (Å²) in [5, 5.41) is 3.32. The summed E-state index contributed by atoms with van der Waals surface area (Å²) in [6, 6.07) is 10.4. The molecule has 0 aliphatic heterocycles. The molecule has 0 radical (unpaired) electrons. The molecule has 2 aromatic rings. The number of carbonyl (C=O) groups is 1. The second kappa shape index (κ2) is 6.29. The van der Waals surface area contributed by atoms with Gasteiger partial charge in [0.1, 0.15) is 18.1 Å². The Labute approximate surface area is 116 Å². The largest absolute Gasteiger partial charge is 0.486 e. The lowest BCUT2D eigenvalue weighted by Gasteiger charge is -2.03. The summed E-state index contributed by atoms with van der Waals surface area (Å²) in [5.74, 6) is 1.35. The fourth-order valence-electron chi connectivity index (χ4n) is 1.51. The summed E-state index contributed by atoms with van der Waals surface area (Å²) < 4.78 is 10.9. The molecule has 0 bridgehead atoms. The smallest absolute Gasteiger partial charge is 0.286 e. The summed E-state index contributed by atoms with van der Waals surface area (Å²) in [4.78, 5) is 11.5. The van der Waals surface area contributed by atoms with Crippen LogP contribution in [0.25, 0.3) is 0 Å². The average Bonchev–Trinajstić information content (AvgIpc) is 2.87. The van der Waals surface area contributed by atoms with Gasteiger partial charge in [-0.1, -0.05) is 11.6 Å². The van der Waals surface area contributed by atoms with E-state index < -0.39 is 0 Å². The van der Waals surface area contributed by atoms with Gasteiger partial charge in [0.25, 0.3) is 5.91 Å². The van der Waals surface area contributed by atoms with Gasteiger partial charge in [0.2, 0.25) is 0 Å². The summed E-state index contributed by atoms with van der Waals surface area (Å²) in [7, 11) is 0. The van der Waals surface area contributed by atoms with Crippen molar-refractivity contribution < 1.29 is 13.9 Å². The number of carbonyl (C=O) groups excluding carboxylic acids is 1. The van der Waals surface area contributed by atoms with Gasteiger partial charge < -0.3 is 14.5 Å². The predicted octanol–water partition coefficient (Wildman–Crippen LogP) is 3.26. The van der Waals surface area contributed by atoms with E-state index in [1.165, 1.54) is 0 Å². The third-order valence-corrected chi connectivity index (χ3v) is 2.67. The van der Waals surface area contributed by atoms with Crippen LogP contribution in [0, 0.1) is 0 Å². The minimum atomic E-state index is -0.222. The van der Waals surface area contributed by atoms with Crippen molar-refractivity contribution in [2.24, 2.45) is 0 Å². The van der Waals surface area contributed by atoms with Gasteiger partial charge in [-0.15, -0.1) is 0 Å². The fraction of sp³-hybridized carbons (Fsp3) is 0.214. The number of furan rings is 1. The van der Waals surface area contributed by atoms with Gasteiger partial charge in [-0.25, -0.2) is 0 Å². The maximum absolute atomic E-state index is 11.5. The minimum Gasteiger partial charge on any atom is -0.486 e. The Balaban J connectivity index is 1.93. The number of rotatable bonds is 5. The van der Waals surface area contributed by atoms with E-state index in [-0.39, 0.29) is 18.3 Å². The Morgan fingerprint density at radius 3 is 2.68 bits per heavy atom. The second-order valence-corrected chi connectivity index (χ2v) is 4.30. The van der Waals surface area contributed by atoms with E-state index in [0.717, 1.165) is 0 Å². The third-order valence-electron chi connectivity index (χ3n) is 2.42. The van der Waals surface area contributed by atoms with Gasteiger partial charge >= 0.3 is 0 Å². The number of hydrogen-bond acceptors (Lipinski definition) is 3. The lowest BCUT2D eigenvalue weighted by Crippen LogP contribution is -2.21. The molecule has 1 amide bonds. The highest BCUT2D eigenvalue weighted by atomic mass is 35.5. The summed E-state index contributed by atoms with van der Waals surface area (Å²) in [5.41, 5.74) is 0. The number of amides is 1. The number of halogens is 1. The van der Waals surface area contributed by atoms with E-state index in [1.54, 1.807) is 36.4 Å². The third kappa shape index (κ3) is 3.76. The van der Waals surface area contributed by atoms with Gasteiger partial charge in [0, 0.05) is 11.6 Å². The van der Waals surface area contributed by atoms with Crippen LogP contribution in [0.2, 0.25) is 5.02 Å². The summed E-state index contributed by atoms with van der Waals surface area (Å²) in [6.45, 7) is 2.68. The van der Waals surface area contributed by atoms with Crippen LogP contribution >= 0.6 is 11.6 Å². The molecular weight excluding hydrogens is 266 g/mol. The van der Waals surface area contributed by atoms with E-state index in [0.29, 0.717) is 23.1 Å². The maximum Gasteiger partial charge on any atom is 0.286 e. The molecule has 1 N–H and O–H groups in total. The van der Waals surface area contributed by atoms with Crippen LogP contribution in [-0.2, 0) is 6.61 Å². The normalized spacial score (nSPS) is 10.2. The minimum absolute atomic E-state index is 0.222. The molecule has 100 valence electrons. The molecule has 1 aromatic carbocycles. The Morgan fingerprint density at radius 1 is 1.26 bits per heavy atom. The van der Waals surface area contributed by atoms with Gasteiger partial charge in [0.05, 0.1) is 0 Å². The van der Waals surface area contributed by atoms with Crippen molar-refractivity contribution in [3.8, 4) is 5.75 Å². The fourth-order valence-corrected chi connectivity index (χ4v) is 1.64. The van der Waals surface area contributed by atoms with Crippen molar-refractivity contribution in [1.82, 2.24) is 5.32 Å². The van der Waals surface area contributed by atoms with Gasteiger partial charge in [-0.2, -0.15) is 0 Å². The molecule has 0 unspecified atom stereocenters. The van der Waals surface area contributed by atoms with E-state index >= 15 is 0 Å². The Hall–Kier alpha value is -1.94. The highest BCUT2D eigenvalue weighted by molar-refractivity contribution is 6.30. The van der Waals surface area contributed by atoms with Crippen LogP contribution in [0.1, 0.15) is 23.2 Å². The van der Waals surface area contributed by atoms with Crippen LogP contribution in [0.5, 0.6) is 5.75 Å². The Morgan fingerprint density at radius 2 is 2.00 bits per heavy atom. The molecular formula is C14H14ClNO3. The van der Waals surface area contributed by atoms with Crippen LogP contribution in [-0.4, -0.2) is 12.5 Å². The topological polar surface area (TPSA) is 51.5 Å². The van der Waals surface area contributed by atoms with Crippen molar-refractivity contribution in [3.05, 3.63) is 52.9 Å². The molecule has 1 heterocycles. The van der Waals surface area contributed by atoms with Crippen molar-refractivity contribution in [2.75, 3.05) is 6.54 Å². The standard InChI is InChI=1S/C14H14ClNO3/c1-2-16-14(17)13-8-7-12(19-13)9-18-11-5-3-10(15)4-6-11/h3-8H,2,9H2,1H3,(H,16,17). The van der Waals surface area contributed by atoms with Crippen molar-refractivity contribution in [2.45, 2.75) is 13.5 Å². The molecule has 0 fully saturated rings. The van der Waals surface area contributed by atoms with Crippen LogP contribution < -0.4 is 10.1 Å². The molecule has 2 rings (SSSR count). The molecule has 0 saturated heterocycles. The second-order valence-electron chi connectivity index (χ2n) is 3.87. The first-order valence-corrected chi connectivity index (χ1v) is 6.32. The molecule has 19 heavy (non-hydrogen) atoms. The van der Waals surface area contributed by atoms with Gasteiger partial charge in [0.15, 0.2) is 5.76 Å². The first-order valence-electron chi connectivity index (χ1n) is 5.94. The zero-order valence-corrected chi connectivity index (χ0v) is 11.2. The molecule has 0 spiro atoms. The van der Waals surface area contributed by atoms with Crippen LogP contribution in [0.4, 0.5) is 0 Å². The first kappa shape index (κ1) is 13.5. The summed E-state index contributed by atoms with van der Waals surface area (Å²) in [6.07, 6.45) is 0. The van der Waals surface area contributed by atoms with Crippen molar-refractivity contribution in [1.29, 1.82) is 0 Å². The number of nitrogens with one attached hydrogen (secondary N) is 1. The lowest BCUT2D eigenvalue weighted by molar-refractivity contribution is 0.0924. The highest BCUT2D eigenvalue weighted by Gasteiger charge is 2.10. The lowest BCUT2D eigenvalue weighted by atomic mass is 10.3. The van der Waals surface area contributed by atoms with E-state index in [4.69, 9.17) is 20.8 Å². The van der Waals surface area contributed by atoms with E-state index in [9.17, 15) is 4.79 Å². The SMILES string of the molecule is CCNC(=O)c1ccc(COc2ccc(Cl)cc2)o1. The maximum atomic E-state index is 11.5. The monoisotopic (exact) mass is 279 g/mol. The highest BCUT2D eigenvalue weighted by Crippen LogP contribution is 2.17. The molecule has 0 atom stereocenters. The molecule has 4 nitrogen and oxygen atoms in total. The van der Waals surface area contributed by atoms with E-state index in [1.807, 2.05) is 6.92 Å². The van der Waals surface area contributed by atoms with Gasteiger partial charge in [-0.3, -0.25) is 4.79 Å². The number of benzene rings is 1. The predicted molar refractivity (Wildman–Crippen MR) is 72.5 cm³/mol. The van der Waals surface area contributed by atoms with Crippen molar-refractivity contribution >= 4 is 17.5 Å². The quantitative estimate of drug-likeness (QED) is 0.914. The molecule has 0 aliphatic carbocycles. The zero-order valence-electron chi connectivity index (χ0n) is 10.5. The van der Waals surface area contributed by atoms with E-state index in [2.05, 4.69) is 5.32 Å². The zero-order chi connectivity index (χ0) is 13.7. The van der Waals surface area contributed by atoms with Crippen LogP contribution in [0.3, 0.4) is 0 Å². The van der Waals surface area contributed by atoms with Crippen LogP contribution in [0.15, 0.2) is 40.8 Å². The summed E-state index contributed by atoms with van der Waals surface area (Å²) >= 11 is 5.78. The molecule has 0 saturated carbocycles. The molecule has 5 heteroatoms. The average molecular weight is 280 g/mol. The van der Waals surface area contributed by atoms with Crippen molar-refractivity contribution in [3.63, 3.8) is 0 Å². The Kier molecular flexibility index (Phi) is 4.47. The Bertz CT molecular complexity index is 548. The van der Waals surface area contributed by atoms with Gasteiger partial charge in [-0.05, 0) is 43.3 Å². The number of ether oxygens (including phenoxy) is 1. The first-order chi connectivity index (χ1) is 9.19.